The SMILES string of the molecule is CCN(CC#N)C(C)C(=O)NC(=O)NC. The van der Waals surface area contributed by atoms with E-state index in [1.807, 2.05) is 13.0 Å². The predicted octanol–water partition coefficient (Wildman–Crippen LogP) is -0.324. The molecule has 6 nitrogen and oxygen atoms in total. The average Bonchev–Trinajstić information content (AvgIpc) is 2.24. The van der Waals surface area contributed by atoms with Gasteiger partial charge in [0.15, 0.2) is 0 Å². The van der Waals surface area contributed by atoms with Crippen molar-refractivity contribution < 1.29 is 9.59 Å². The van der Waals surface area contributed by atoms with Crippen molar-refractivity contribution in [1.82, 2.24) is 15.5 Å². The molecule has 0 aromatic rings. The molecule has 2 N–H and O–H groups in total. The Labute approximate surface area is 89.2 Å². The summed E-state index contributed by atoms with van der Waals surface area (Å²) < 4.78 is 0. The number of nitriles is 1. The monoisotopic (exact) mass is 212 g/mol. The Morgan fingerprint density at radius 3 is 2.53 bits per heavy atom. The fraction of sp³-hybridized carbons (Fsp3) is 0.667. The molecule has 0 spiro atoms. The minimum atomic E-state index is -0.542. The van der Waals surface area contributed by atoms with Crippen molar-refractivity contribution in [3.05, 3.63) is 0 Å². The number of carbonyl (C=O) groups is 2. The van der Waals surface area contributed by atoms with Crippen LogP contribution in [0.2, 0.25) is 0 Å². The highest BCUT2D eigenvalue weighted by Gasteiger charge is 2.20. The smallest absolute Gasteiger partial charge is 0.321 e. The molecular weight excluding hydrogens is 196 g/mol. The first kappa shape index (κ1) is 13.4. The van der Waals surface area contributed by atoms with Crippen molar-refractivity contribution in [2.75, 3.05) is 20.1 Å². The number of likely N-dealkylation sites (N-methyl/N-ethyl adjacent to an activating group) is 1. The molecule has 3 amide bonds. The number of hydrogen-bond donors (Lipinski definition) is 2. The lowest BCUT2D eigenvalue weighted by atomic mass is 10.2. The van der Waals surface area contributed by atoms with Crippen LogP contribution in [0.3, 0.4) is 0 Å². The fourth-order valence-electron chi connectivity index (χ4n) is 1.06. The molecule has 6 heteroatoms. The Kier molecular flexibility index (Phi) is 6.06. The molecule has 0 bridgehead atoms. The third kappa shape index (κ3) is 4.42. The van der Waals surface area contributed by atoms with Crippen molar-refractivity contribution >= 4 is 11.9 Å². The molecule has 0 aromatic carbocycles. The third-order valence-corrected chi connectivity index (χ3v) is 2.07. The number of imide groups is 1. The van der Waals surface area contributed by atoms with Gasteiger partial charge in [0.1, 0.15) is 0 Å². The Morgan fingerprint density at radius 2 is 2.13 bits per heavy atom. The van der Waals surface area contributed by atoms with Crippen molar-refractivity contribution in [2.24, 2.45) is 0 Å². The maximum absolute atomic E-state index is 11.5. The number of nitrogens with one attached hydrogen (secondary N) is 2. The van der Waals surface area contributed by atoms with Crippen LogP contribution in [0.25, 0.3) is 0 Å². The van der Waals surface area contributed by atoms with Gasteiger partial charge < -0.3 is 5.32 Å². The molecule has 0 radical (unpaired) electrons. The van der Waals surface area contributed by atoms with Gasteiger partial charge in [0.25, 0.3) is 0 Å². The van der Waals surface area contributed by atoms with Crippen LogP contribution in [0.1, 0.15) is 13.8 Å². The molecule has 0 aliphatic heterocycles. The second kappa shape index (κ2) is 6.79. The Balaban J connectivity index is 4.29. The molecule has 0 aliphatic rings. The second-order valence-electron chi connectivity index (χ2n) is 2.97. The van der Waals surface area contributed by atoms with Gasteiger partial charge in [-0.2, -0.15) is 5.26 Å². The third-order valence-electron chi connectivity index (χ3n) is 2.07. The first-order chi connectivity index (χ1) is 7.06. The van der Waals surface area contributed by atoms with E-state index in [0.717, 1.165) is 0 Å². The molecule has 15 heavy (non-hydrogen) atoms. The van der Waals surface area contributed by atoms with Crippen LogP contribution in [0, 0.1) is 11.3 Å². The minimum absolute atomic E-state index is 0.166. The summed E-state index contributed by atoms with van der Waals surface area (Å²) in [5.41, 5.74) is 0. The van der Waals surface area contributed by atoms with Crippen LogP contribution in [0.5, 0.6) is 0 Å². The summed E-state index contributed by atoms with van der Waals surface area (Å²) in [5.74, 6) is -0.411. The van der Waals surface area contributed by atoms with E-state index in [4.69, 9.17) is 5.26 Å². The van der Waals surface area contributed by atoms with E-state index in [2.05, 4.69) is 10.6 Å². The zero-order chi connectivity index (χ0) is 11.8. The van der Waals surface area contributed by atoms with Crippen LogP contribution in [0.4, 0.5) is 4.79 Å². The van der Waals surface area contributed by atoms with Gasteiger partial charge in [0, 0.05) is 7.05 Å². The number of carbonyl (C=O) groups excluding carboxylic acids is 2. The van der Waals surface area contributed by atoms with Gasteiger partial charge in [-0.15, -0.1) is 0 Å². The summed E-state index contributed by atoms with van der Waals surface area (Å²) in [5, 5.41) is 13.0. The highest BCUT2D eigenvalue weighted by molar-refractivity contribution is 5.96. The summed E-state index contributed by atoms with van der Waals surface area (Å²) in [4.78, 5) is 24.0. The van der Waals surface area contributed by atoms with Crippen LogP contribution in [-0.2, 0) is 4.79 Å². The predicted molar refractivity (Wildman–Crippen MR) is 54.9 cm³/mol. The van der Waals surface area contributed by atoms with Gasteiger partial charge in [-0.1, -0.05) is 6.92 Å². The maximum atomic E-state index is 11.5. The molecule has 1 atom stereocenters. The zero-order valence-electron chi connectivity index (χ0n) is 9.20. The second-order valence-corrected chi connectivity index (χ2v) is 2.97. The van der Waals surface area contributed by atoms with Gasteiger partial charge in [-0.05, 0) is 13.5 Å². The van der Waals surface area contributed by atoms with E-state index in [1.54, 1.807) is 11.8 Å². The Morgan fingerprint density at radius 1 is 1.53 bits per heavy atom. The van der Waals surface area contributed by atoms with Crippen molar-refractivity contribution in [3.63, 3.8) is 0 Å². The molecule has 0 aliphatic carbocycles. The normalized spacial score (nSPS) is 11.7. The van der Waals surface area contributed by atoms with E-state index in [1.165, 1.54) is 7.05 Å². The van der Waals surface area contributed by atoms with E-state index >= 15 is 0 Å². The van der Waals surface area contributed by atoms with E-state index in [-0.39, 0.29) is 6.54 Å². The number of hydrogen-bond acceptors (Lipinski definition) is 4. The van der Waals surface area contributed by atoms with E-state index in [9.17, 15) is 9.59 Å². The molecule has 0 aromatic heterocycles. The lowest BCUT2D eigenvalue weighted by Crippen LogP contribution is -2.49. The fourth-order valence-corrected chi connectivity index (χ4v) is 1.06. The number of rotatable bonds is 4. The molecule has 84 valence electrons. The van der Waals surface area contributed by atoms with Gasteiger partial charge in [-0.3, -0.25) is 15.0 Å². The number of urea groups is 1. The molecule has 0 saturated heterocycles. The maximum Gasteiger partial charge on any atom is 0.321 e. The number of amides is 3. The van der Waals surface area contributed by atoms with Crippen LogP contribution >= 0.6 is 0 Å². The highest BCUT2D eigenvalue weighted by Crippen LogP contribution is 1.97. The first-order valence-electron chi connectivity index (χ1n) is 4.70. The Bertz CT molecular complexity index is 272. The zero-order valence-corrected chi connectivity index (χ0v) is 9.20. The first-order valence-corrected chi connectivity index (χ1v) is 4.70. The summed E-state index contributed by atoms with van der Waals surface area (Å²) in [7, 11) is 1.43. The summed E-state index contributed by atoms with van der Waals surface area (Å²) in [6.07, 6.45) is 0. The Hall–Kier alpha value is -1.61. The summed E-state index contributed by atoms with van der Waals surface area (Å²) in [6, 6.07) is 0.932. The number of nitrogens with zero attached hydrogens (tertiary/aromatic N) is 2. The highest BCUT2D eigenvalue weighted by atomic mass is 16.2. The van der Waals surface area contributed by atoms with E-state index < -0.39 is 18.0 Å². The minimum Gasteiger partial charge on any atom is -0.341 e. The van der Waals surface area contributed by atoms with Gasteiger partial charge in [0.2, 0.25) is 5.91 Å². The van der Waals surface area contributed by atoms with Crippen molar-refractivity contribution in [3.8, 4) is 6.07 Å². The lowest BCUT2D eigenvalue weighted by Gasteiger charge is -2.23. The average molecular weight is 212 g/mol. The van der Waals surface area contributed by atoms with Gasteiger partial charge >= 0.3 is 6.03 Å². The topological polar surface area (TPSA) is 85.2 Å². The molecule has 0 fully saturated rings. The van der Waals surface area contributed by atoms with Gasteiger partial charge in [-0.25, -0.2) is 4.79 Å². The van der Waals surface area contributed by atoms with Crippen LogP contribution in [-0.4, -0.2) is 43.0 Å². The summed E-state index contributed by atoms with van der Waals surface area (Å²) in [6.45, 7) is 4.24. The molecule has 0 rings (SSSR count). The summed E-state index contributed by atoms with van der Waals surface area (Å²) >= 11 is 0. The van der Waals surface area contributed by atoms with E-state index in [0.29, 0.717) is 6.54 Å². The van der Waals surface area contributed by atoms with Gasteiger partial charge in [0.05, 0.1) is 18.7 Å². The molecule has 1 unspecified atom stereocenters. The van der Waals surface area contributed by atoms with Crippen LogP contribution in [0.15, 0.2) is 0 Å². The van der Waals surface area contributed by atoms with Crippen molar-refractivity contribution in [1.29, 1.82) is 5.26 Å². The van der Waals surface area contributed by atoms with Crippen molar-refractivity contribution in [2.45, 2.75) is 19.9 Å². The molecular formula is C9H16N4O2. The molecule has 0 saturated carbocycles. The quantitative estimate of drug-likeness (QED) is 0.625. The largest absolute Gasteiger partial charge is 0.341 e. The van der Waals surface area contributed by atoms with Crippen LogP contribution < -0.4 is 10.6 Å². The standard InChI is InChI=1S/C9H16N4O2/c1-4-13(6-5-10)7(2)8(14)12-9(15)11-3/h7H,4,6H2,1-3H3,(H2,11,12,14,15). The molecule has 0 heterocycles. The lowest BCUT2D eigenvalue weighted by molar-refractivity contribution is -0.124.